The minimum atomic E-state index is -0.0411. The van der Waals surface area contributed by atoms with E-state index in [1.54, 1.807) is 11.2 Å². The molecule has 2 aromatic heterocycles. The van der Waals surface area contributed by atoms with E-state index in [1.165, 1.54) is 0 Å². The Balaban J connectivity index is 1.43. The Hall–Kier alpha value is -2.96. The summed E-state index contributed by atoms with van der Waals surface area (Å²) in [6.07, 6.45) is 7.00. The molecular weight excluding hydrogens is 328 g/mol. The number of aryl methyl sites for hydroxylation is 2. The van der Waals surface area contributed by atoms with Gasteiger partial charge >= 0.3 is 0 Å². The summed E-state index contributed by atoms with van der Waals surface area (Å²) < 4.78 is 3.71. The highest BCUT2D eigenvalue weighted by Crippen LogP contribution is 2.20. The van der Waals surface area contributed by atoms with Crippen LogP contribution in [0.2, 0.25) is 0 Å². The lowest BCUT2D eigenvalue weighted by Gasteiger charge is -2.26. The number of hydrogen-bond donors (Lipinski definition) is 0. The van der Waals surface area contributed by atoms with Gasteiger partial charge in [-0.15, -0.1) is 0 Å². The Labute approximate surface area is 152 Å². The number of benzene rings is 1. The molecular formula is C19H22N6O. The van der Waals surface area contributed by atoms with Crippen molar-refractivity contribution in [2.24, 2.45) is 5.92 Å². The molecule has 3 heterocycles. The van der Waals surface area contributed by atoms with Gasteiger partial charge in [-0.3, -0.25) is 4.79 Å². The summed E-state index contributed by atoms with van der Waals surface area (Å²) in [5, 5.41) is 8.65. The van der Waals surface area contributed by atoms with Crippen LogP contribution in [-0.4, -0.2) is 42.4 Å². The highest BCUT2D eigenvalue weighted by atomic mass is 16.2. The zero-order valence-corrected chi connectivity index (χ0v) is 15.0. The molecule has 1 amide bonds. The van der Waals surface area contributed by atoms with Crippen LogP contribution in [0.1, 0.15) is 23.4 Å². The number of rotatable bonds is 4. The zero-order chi connectivity index (χ0) is 18.1. The second kappa shape index (κ2) is 6.74. The van der Waals surface area contributed by atoms with Crippen molar-refractivity contribution < 1.29 is 4.79 Å². The smallest absolute Gasteiger partial charge is 0.227 e. The number of amides is 1. The Morgan fingerprint density at radius 3 is 3.00 bits per heavy atom. The SMILES string of the molecule is Cc1ccccc1-n1cc(CN(C)C(=O)C2CCc3ncnn3C2)cn1. The van der Waals surface area contributed by atoms with Crippen LogP contribution in [0.5, 0.6) is 0 Å². The first-order valence-electron chi connectivity index (χ1n) is 8.83. The normalized spacial score (nSPS) is 16.3. The number of nitrogens with zero attached hydrogens (tertiary/aromatic N) is 6. The highest BCUT2D eigenvalue weighted by Gasteiger charge is 2.28. The summed E-state index contributed by atoms with van der Waals surface area (Å²) >= 11 is 0. The third-order valence-electron chi connectivity index (χ3n) is 4.95. The van der Waals surface area contributed by atoms with Gasteiger partial charge in [-0.1, -0.05) is 18.2 Å². The molecule has 4 rings (SSSR count). The standard InChI is InChI=1S/C19H22N6O/c1-14-5-3-4-6-17(14)24-11-15(9-21-24)10-23(2)19(26)16-7-8-18-20-13-22-25(18)12-16/h3-6,9,11,13,16H,7-8,10,12H2,1-2H3. The van der Waals surface area contributed by atoms with Gasteiger partial charge in [-0.2, -0.15) is 10.2 Å². The lowest BCUT2D eigenvalue weighted by atomic mass is 9.98. The molecule has 7 nitrogen and oxygen atoms in total. The Morgan fingerprint density at radius 2 is 2.15 bits per heavy atom. The van der Waals surface area contributed by atoms with Gasteiger partial charge in [-0.05, 0) is 25.0 Å². The van der Waals surface area contributed by atoms with Crippen LogP contribution in [-0.2, 0) is 24.3 Å². The second-order valence-corrected chi connectivity index (χ2v) is 6.87. The fourth-order valence-electron chi connectivity index (χ4n) is 3.50. The van der Waals surface area contributed by atoms with E-state index < -0.39 is 0 Å². The van der Waals surface area contributed by atoms with E-state index in [2.05, 4.69) is 28.2 Å². The molecule has 0 saturated heterocycles. The molecule has 0 radical (unpaired) electrons. The van der Waals surface area contributed by atoms with E-state index in [-0.39, 0.29) is 11.8 Å². The van der Waals surface area contributed by atoms with E-state index in [4.69, 9.17) is 0 Å². The van der Waals surface area contributed by atoms with E-state index in [1.807, 2.05) is 47.0 Å². The van der Waals surface area contributed by atoms with Crippen LogP contribution in [0.3, 0.4) is 0 Å². The molecule has 26 heavy (non-hydrogen) atoms. The molecule has 0 bridgehead atoms. The average Bonchev–Trinajstić information content (AvgIpc) is 3.30. The zero-order valence-electron chi connectivity index (χ0n) is 15.0. The van der Waals surface area contributed by atoms with E-state index in [0.29, 0.717) is 13.1 Å². The van der Waals surface area contributed by atoms with E-state index in [9.17, 15) is 4.79 Å². The second-order valence-electron chi connectivity index (χ2n) is 6.87. The van der Waals surface area contributed by atoms with Crippen molar-refractivity contribution in [1.29, 1.82) is 0 Å². The maximum absolute atomic E-state index is 12.8. The minimum absolute atomic E-state index is 0.0411. The maximum Gasteiger partial charge on any atom is 0.227 e. The summed E-state index contributed by atoms with van der Waals surface area (Å²) in [7, 11) is 1.85. The van der Waals surface area contributed by atoms with Crippen LogP contribution in [0.25, 0.3) is 5.69 Å². The van der Waals surface area contributed by atoms with Gasteiger partial charge in [0.05, 0.1) is 24.3 Å². The monoisotopic (exact) mass is 350 g/mol. The van der Waals surface area contributed by atoms with Crippen molar-refractivity contribution in [3.63, 3.8) is 0 Å². The third kappa shape index (κ3) is 3.12. The molecule has 1 aliphatic heterocycles. The van der Waals surface area contributed by atoms with Crippen LogP contribution in [0.15, 0.2) is 43.0 Å². The molecule has 0 N–H and O–H groups in total. The number of fused-ring (bicyclic) bond motifs is 1. The molecule has 0 aliphatic carbocycles. The number of hydrogen-bond acceptors (Lipinski definition) is 4. The predicted molar refractivity (Wildman–Crippen MR) is 96.6 cm³/mol. The molecule has 3 aromatic rings. The van der Waals surface area contributed by atoms with Gasteiger partial charge in [0.15, 0.2) is 0 Å². The van der Waals surface area contributed by atoms with Crippen molar-refractivity contribution in [3.05, 3.63) is 59.9 Å². The number of carbonyl (C=O) groups excluding carboxylic acids is 1. The molecule has 0 saturated carbocycles. The molecule has 1 aliphatic rings. The van der Waals surface area contributed by atoms with E-state index >= 15 is 0 Å². The van der Waals surface area contributed by atoms with Crippen molar-refractivity contribution in [3.8, 4) is 5.69 Å². The summed E-state index contributed by atoms with van der Waals surface area (Å²) in [6.45, 7) is 3.22. The largest absolute Gasteiger partial charge is 0.341 e. The third-order valence-corrected chi connectivity index (χ3v) is 4.95. The van der Waals surface area contributed by atoms with Crippen LogP contribution < -0.4 is 0 Å². The van der Waals surface area contributed by atoms with E-state index in [0.717, 1.165) is 35.5 Å². The number of carbonyl (C=O) groups is 1. The summed E-state index contributed by atoms with van der Waals surface area (Å²) in [5.41, 5.74) is 3.23. The van der Waals surface area contributed by atoms with Crippen LogP contribution >= 0.6 is 0 Å². The Kier molecular flexibility index (Phi) is 4.28. The predicted octanol–water partition coefficient (Wildman–Crippen LogP) is 1.99. The first-order valence-corrected chi connectivity index (χ1v) is 8.83. The van der Waals surface area contributed by atoms with Gasteiger partial charge < -0.3 is 4.90 Å². The molecule has 1 aromatic carbocycles. The van der Waals surface area contributed by atoms with Gasteiger partial charge in [0.1, 0.15) is 12.2 Å². The maximum atomic E-state index is 12.8. The summed E-state index contributed by atoms with van der Waals surface area (Å²) in [4.78, 5) is 18.8. The van der Waals surface area contributed by atoms with Gasteiger partial charge in [-0.25, -0.2) is 14.3 Å². The first-order chi connectivity index (χ1) is 12.6. The highest BCUT2D eigenvalue weighted by molar-refractivity contribution is 5.78. The molecule has 7 heteroatoms. The van der Waals surface area contributed by atoms with Gasteiger partial charge in [0, 0.05) is 31.8 Å². The molecule has 0 spiro atoms. The molecule has 1 unspecified atom stereocenters. The van der Waals surface area contributed by atoms with Crippen LogP contribution in [0, 0.1) is 12.8 Å². The van der Waals surface area contributed by atoms with Crippen LogP contribution in [0.4, 0.5) is 0 Å². The first kappa shape index (κ1) is 16.5. The summed E-state index contributed by atoms with van der Waals surface area (Å²) in [5.74, 6) is 1.08. The lowest BCUT2D eigenvalue weighted by Crippen LogP contribution is -2.37. The summed E-state index contributed by atoms with van der Waals surface area (Å²) in [6, 6.07) is 8.12. The topological polar surface area (TPSA) is 68.8 Å². The average molecular weight is 350 g/mol. The van der Waals surface area contributed by atoms with Crippen molar-refractivity contribution in [2.75, 3.05) is 7.05 Å². The fraction of sp³-hybridized carbons (Fsp3) is 0.368. The van der Waals surface area contributed by atoms with Gasteiger partial charge in [0.25, 0.3) is 0 Å². The molecule has 0 fully saturated rings. The minimum Gasteiger partial charge on any atom is -0.341 e. The molecule has 134 valence electrons. The van der Waals surface area contributed by atoms with Crippen molar-refractivity contribution in [2.45, 2.75) is 32.9 Å². The van der Waals surface area contributed by atoms with Gasteiger partial charge in [0.2, 0.25) is 5.91 Å². The quantitative estimate of drug-likeness (QED) is 0.722. The number of para-hydroxylation sites is 1. The Bertz CT molecular complexity index is 928. The number of aromatic nitrogens is 5. The lowest BCUT2D eigenvalue weighted by molar-refractivity contribution is -0.135. The van der Waals surface area contributed by atoms with Crippen molar-refractivity contribution in [1.82, 2.24) is 29.4 Å². The molecule has 1 atom stereocenters. The fourth-order valence-corrected chi connectivity index (χ4v) is 3.50. The Morgan fingerprint density at radius 1 is 1.31 bits per heavy atom. The van der Waals surface area contributed by atoms with Crippen molar-refractivity contribution >= 4 is 5.91 Å².